The molecule has 0 bridgehead atoms. The first-order valence-electron chi connectivity index (χ1n) is 11.0. The maximum Gasteiger partial charge on any atom is 0.266 e. The highest BCUT2D eigenvalue weighted by Gasteiger charge is 2.28. The number of para-hydroxylation sites is 1. The quantitative estimate of drug-likeness (QED) is 0.221. The molecule has 0 saturated heterocycles. The summed E-state index contributed by atoms with van der Waals surface area (Å²) in [6.45, 7) is 2.80. The summed E-state index contributed by atoms with van der Waals surface area (Å²) >= 11 is 8.30. The van der Waals surface area contributed by atoms with E-state index in [1.807, 2.05) is 24.3 Å². The van der Waals surface area contributed by atoms with Gasteiger partial charge in [-0.05, 0) is 57.7 Å². The fraction of sp³-hybridized carbons (Fsp3) is 0.154. The van der Waals surface area contributed by atoms with Crippen LogP contribution in [0.15, 0.2) is 70.5 Å². The van der Waals surface area contributed by atoms with E-state index in [-0.39, 0.29) is 18.3 Å². The van der Waals surface area contributed by atoms with Crippen LogP contribution in [0.4, 0.5) is 5.00 Å². The van der Waals surface area contributed by atoms with Crippen molar-refractivity contribution in [3.8, 4) is 10.6 Å². The zero-order chi connectivity index (χ0) is 23.1. The third-order valence-electron chi connectivity index (χ3n) is 5.92. The number of hydrogen-bond donors (Lipinski definition) is 1. The van der Waals surface area contributed by atoms with Crippen LogP contribution in [0, 0.1) is 0 Å². The molecule has 0 atom stereocenters. The van der Waals surface area contributed by atoms with Crippen molar-refractivity contribution in [3.63, 3.8) is 0 Å². The highest BCUT2D eigenvalue weighted by atomic mass is 79.9. The van der Waals surface area contributed by atoms with E-state index in [9.17, 15) is 4.79 Å². The SMILES string of the molecule is Cl.O=C(Nc1sc2c(c1-c1nc3ccccc3s1)CCN(Cc1ccccc1)C2)c1ccc(Br)s1. The predicted octanol–water partition coefficient (Wildman–Crippen LogP) is 8.08. The number of halogens is 2. The molecule has 35 heavy (non-hydrogen) atoms. The Morgan fingerprint density at radius 3 is 2.57 bits per heavy atom. The summed E-state index contributed by atoms with van der Waals surface area (Å²) in [5.74, 6) is -0.0715. The summed E-state index contributed by atoms with van der Waals surface area (Å²) < 4.78 is 2.12. The molecule has 6 rings (SSSR count). The van der Waals surface area contributed by atoms with Gasteiger partial charge in [0.2, 0.25) is 0 Å². The van der Waals surface area contributed by atoms with Gasteiger partial charge >= 0.3 is 0 Å². The van der Waals surface area contributed by atoms with Crippen LogP contribution < -0.4 is 5.32 Å². The average Bonchev–Trinajstić information content (AvgIpc) is 3.55. The van der Waals surface area contributed by atoms with Gasteiger partial charge in [0.25, 0.3) is 5.91 Å². The number of carbonyl (C=O) groups is 1. The van der Waals surface area contributed by atoms with E-state index in [4.69, 9.17) is 4.98 Å². The molecule has 2 aromatic carbocycles. The second-order valence-corrected chi connectivity index (χ2v) is 12.8. The Kier molecular flexibility index (Phi) is 7.39. The van der Waals surface area contributed by atoms with E-state index < -0.39 is 0 Å². The van der Waals surface area contributed by atoms with E-state index >= 15 is 0 Å². The van der Waals surface area contributed by atoms with E-state index in [1.165, 1.54) is 32.0 Å². The Labute approximate surface area is 230 Å². The predicted molar refractivity (Wildman–Crippen MR) is 154 cm³/mol. The monoisotopic (exact) mass is 601 g/mol. The van der Waals surface area contributed by atoms with E-state index in [1.54, 1.807) is 22.7 Å². The van der Waals surface area contributed by atoms with Crippen molar-refractivity contribution in [3.05, 3.63) is 91.4 Å². The zero-order valence-corrected chi connectivity index (χ0v) is 23.3. The lowest BCUT2D eigenvalue weighted by Crippen LogP contribution is -2.29. The zero-order valence-electron chi connectivity index (χ0n) is 18.5. The Morgan fingerprint density at radius 2 is 1.80 bits per heavy atom. The van der Waals surface area contributed by atoms with Gasteiger partial charge in [-0.3, -0.25) is 9.69 Å². The number of thiophene rings is 2. The standard InChI is InChI=1S/C26H20BrN3OS3.ClH/c27-22-11-10-20(32-22)24(31)29-26-23(25-28-18-8-4-5-9-19(18)33-25)17-12-13-30(15-21(17)34-26)14-16-6-2-1-3-7-16;/h1-11H,12-15H2,(H,29,31);1H. The maximum atomic E-state index is 13.1. The molecule has 0 spiro atoms. The Hall–Kier alpha value is -2.07. The summed E-state index contributed by atoms with van der Waals surface area (Å²) in [5.41, 5.74) is 4.76. The van der Waals surface area contributed by atoms with Crippen LogP contribution in [0.5, 0.6) is 0 Å². The van der Waals surface area contributed by atoms with Crippen molar-refractivity contribution in [1.29, 1.82) is 0 Å². The fourth-order valence-corrected chi connectivity index (χ4v) is 8.00. The molecule has 9 heteroatoms. The maximum absolute atomic E-state index is 13.1. The average molecular weight is 603 g/mol. The molecule has 4 nitrogen and oxygen atoms in total. The lowest BCUT2D eigenvalue weighted by molar-refractivity contribution is 0.103. The topological polar surface area (TPSA) is 45.2 Å². The highest BCUT2D eigenvalue weighted by molar-refractivity contribution is 9.11. The van der Waals surface area contributed by atoms with Crippen LogP contribution in [-0.4, -0.2) is 22.3 Å². The Bertz CT molecular complexity index is 1460. The Balaban J connectivity index is 0.00000253. The van der Waals surface area contributed by atoms with Gasteiger partial charge in [0.05, 0.1) is 18.9 Å². The molecular weight excluding hydrogens is 582 g/mol. The minimum atomic E-state index is -0.0715. The number of nitrogens with zero attached hydrogens (tertiary/aromatic N) is 2. The summed E-state index contributed by atoms with van der Waals surface area (Å²) in [4.78, 5) is 22.5. The first kappa shape index (κ1) is 24.6. The van der Waals surface area contributed by atoms with E-state index in [2.05, 4.69) is 68.6 Å². The number of rotatable bonds is 5. The molecule has 0 saturated carbocycles. The number of amides is 1. The first-order valence-corrected chi connectivity index (χ1v) is 14.2. The van der Waals surface area contributed by atoms with Gasteiger partial charge in [0.15, 0.2) is 0 Å². The van der Waals surface area contributed by atoms with Crippen LogP contribution in [0.1, 0.15) is 25.7 Å². The number of hydrogen-bond acceptors (Lipinski definition) is 6. The number of nitrogens with one attached hydrogen (secondary N) is 1. The van der Waals surface area contributed by atoms with Crippen LogP contribution in [-0.2, 0) is 19.5 Å². The minimum Gasteiger partial charge on any atom is -0.312 e. The second kappa shape index (κ2) is 10.5. The summed E-state index contributed by atoms with van der Waals surface area (Å²) in [6.07, 6.45) is 0.949. The van der Waals surface area contributed by atoms with Crippen molar-refractivity contribution < 1.29 is 4.79 Å². The molecular formula is C26H21BrClN3OS3. The van der Waals surface area contributed by atoms with Crippen molar-refractivity contribution in [2.75, 3.05) is 11.9 Å². The van der Waals surface area contributed by atoms with Gasteiger partial charge in [-0.15, -0.1) is 46.4 Å². The molecule has 3 aromatic heterocycles. The molecule has 1 N–H and O–H groups in total. The fourth-order valence-electron chi connectivity index (χ4n) is 4.33. The van der Waals surface area contributed by atoms with Gasteiger partial charge in [0, 0.05) is 30.1 Å². The van der Waals surface area contributed by atoms with Crippen molar-refractivity contribution in [2.24, 2.45) is 0 Å². The largest absolute Gasteiger partial charge is 0.312 e. The van der Waals surface area contributed by atoms with E-state index in [0.717, 1.165) is 50.9 Å². The summed E-state index contributed by atoms with van der Waals surface area (Å²) in [7, 11) is 0. The third-order valence-corrected chi connectivity index (χ3v) is 9.73. The van der Waals surface area contributed by atoms with Gasteiger partial charge in [0.1, 0.15) is 10.0 Å². The van der Waals surface area contributed by atoms with Crippen molar-refractivity contribution >= 4 is 83.5 Å². The molecule has 0 aliphatic carbocycles. The number of benzene rings is 2. The highest BCUT2D eigenvalue weighted by Crippen LogP contribution is 2.46. The number of thiazole rings is 1. The van der Waals surface area contributed by atoms with Gasteiger partial charge in [-0.25, -0.2) is 4.98 Å². The molecule has 0 unspecified atom stereocenters. The van der Waals surface area contributed by atoms with Crippen LogP contribution in [0.2, 0.25) is 0 Å². The van der Waals surface area contributed by atoms with Gasteiger partial charge in [-0.2, -0.15) is 0 Å². The van der Waals surface area contributed by atoms with Crippen molar-refractivity contribution in [1.82, 2.24) is 9.88 Å². The molecule has 178 valence electrons. The normalized spacial score (nSPS) is 13.4. The minimum absolute atomic E-state index is 0. The van der Waals surface area contributed by atoms with Crippen molar-refractivity contribution in [2.45, 2.75) is 19.5 Å². The molecule has 1 amide bonds. The Morgan fingerprint density at radius 1 is 1.00 bits per heavy atom. The lowest BCUT2D eigenvalue weighted by atomic mass is 10.0. The number of carbonyl (C=O) groups excluding carboxylic acids is 1. The molecule has 4 heterocycles. The van der Waals surface area contributed by atoms with Crippen LogP contribution in [0.3, 0.4) is 0 Å². The molecule has 1 aliphatic rings. The summed E-state index contributed by atoms with van der Waals surface area (Å²) in [5, 5.41) is 5.11. The number of anilines is 1. The number of fused-ring (bicyclic) bond motifs is 2. The van der Waals surface area contributed by atoms with Crippen LogP contribution >= 0.6 is 62.3 Å². The second-order valence-electron chi connectivity index (χ2n) is 8.20. The molecule has 0 fully saturated rings. The lowest BCUT2D eigenvalue weighted by Gasteiger charge is -2.27. The molecule has 0 radical (unpaired) electrons. The first-order chi connectivity index (χ1) is 16.6. The molecule has 1 aliphatic heterocycles. The van der Waals surface area contributed by atoms with Gasteiger partial charge < -0.3 is 5.32 Å². The van der Waals surface area contributed by atoms with Gasteiger partial charge in [-0.1, -0.05) is 42.5 Å². The van der Waals surface area contributed by atoms with E-state index in [0.29, 0.717) is 4.88 Å². The molecule has 5 aromatic rings. The summed E-state index contributed by atoms with van der Waals surface area (Å²) in [6, 6.07) is 22.6. The van der Waals surface area contributed by atoms with Crippen LogP contribution in [0.25, 0.3) is 20.8 Å². The number of aromatic nitrogens is 1. The smallest absolute Gasteiger partial charge is 0.266 e. The third kappa shape index (κ3) is 5.09.